The maximum atomic E-state index is 11.8. The number of amides is 1. The molecule has 0 radical (unpaired) electrons. The van der Waals surface area contributed by atoms with Gasteiger partial charge in [0.25, 0.3) is 5.91 Å². The first kappa shape index (κ1) is 13.2. The van der Waals surface area contributed by atoms with Gasteiger partial charge in [0.05, 0.1) is 14.0 Å². The number of rotatable bonds is 3. The van der Waals surface area contributed by atoms with Crippen molar-refractivity contribution in [3.05, 3.63) is 19.9 Å². The monoisotopic (exact) mass is 353 g/mol. The highest BCUT2D eigenvalue weighted by atomic mass is 127. The van der Waals surface area contributed by atoms with Crippen molar-refractivity contribution in [2.24, 2.45) is 10.9 Å². The number of carbonyl (C=O) groups excluding carboxylic acids is 1. The second-order valence-electron chi connectivity index (χ2n) is 3.70. The van der Waals surface area contributed by atoms with Crippen molar-refractivity contribution >= 4 is 45.7 Å². The Morgan fingerprint density at radius 3 is 2.75 bits per heavy atom. The summed E-state index contributed by atoms with van der Waals surface area (Å²) in [5.41, 5.74) is 5.17. The van der Waals surface area contributed by atoms with Gasteiger partial charge in [-0.25, -0.2) is 0 Å². The number of hydrogen-bond donors (Lipinski definition) is 3. The van der Waals surface area contributed by atoms with Crippen LogP contribution in [0.15, 0.2) is 16.6 Å². The zero-order valence-corrected chi connectivity index (χ0v) is 11.8. The normalized spacial score (nSPS) is 12.6. The summed E-state index contributed by atoms with van der Waals surface area (Å²) in [6.45, 7) is 3.33. The lowest BCUT2D eigenvalue weighted by Gasteiger charge is -2.24. The van der Waals surface area contributed by atoms with Gasteiger partial charge in [0.2, 0.25) is 0 Å². The van der Waals surface area contributed by atoms with Gasteiger partial charge in [0, 0.05) is 5.38 Å². The topological polar surface area (TPSA) is 87.7 Å². The van der Waals surface area contributed by atoms with E-state index in [-0.39, 0.29) is 11.7 Å². The summed E-state index contributed by atoms with van der Waals surface area (Å²) in [5, 5.41) is 15.9. The van der Waals surface area contributed by atoms with Crippen molar-refractivity contribution in [2.75, 3.05) is 0 Å². The van der Waals surface area contributed by atoms with Gasteiger partial charge in [-0.1, -0.05) is 5.16 Å². The first-order valence-corrected chi connectivity index (χ1v) is 6.37. The Morgan fingerprint density at radius 1 is 1.69 bits per heavy atom. The van der Waals surface area contributed by atoms with Crippen LogP contribution in [0.3, 0.4) is 0 Å². The molecule has 16 heavy (non-hydrogen) atoms. The number of nitrogens with two attached hydrogens (primary N) is 1. The van der Waals surface area contributed by atoms with Crippen molar-refractivity contribution in [3.8, 4) is 0 Å². The number of amidine groups is 1. The fourth-order valence-corrected chi connectivity index (χ4v) is 2.30. The van der Waals surface area contributed by atoms with Crippen LogP contribution in [0, 0.1) is 2.88 Å². The molecule has 88 valence electrons. The smallest absolute Gasteiger partial charge is 0.252 e. The first-order chi connectivity index (χ1) is 7.36. The molecule has 0 unspecified atom stereocenters. The number of halogens is 1. The van der Waals surface area contributed by atoms with Gasteiger partial charge in [-0.2, -0.15) is 0 Å². The Morgan fingerprint density at radius 2 is 2.31 bits per heavy atom. The van der Waals surface area contributed by atoms with Gasteiger partial charge in [-0.05, 0) is 42.5 Å². The molecule has 0 aliphatic heterocycles. The highest BCUT2D eigenvalue weighted by molar-refractivity contribution is 14.1. The molecule has 1 aromatic rings. The van der Waals surface area contributed by atoms with Crippen LogP contribution < -0.4 is 11.1 Å². The van der Waals surface area contributed by atoms with Gasteiger partial charge in [0.15, 0.2) is 5.84 Å². The van der Waals surface area contributed by atoms with Gasteiger partial charge >= 0.3 is 0 Å². The minimum Gasteiger partial charge on any atom is -0.409 e. The molecular weight excluding hydrogens is 341 g/mol. The van der Waals surface area contributed by atoms with Gasteiger partial charge in [-0.3, -0.25) is 4.79 Å². The molecule has 0 atom stereocenters. The zero-order chi connectivity index (χ0) is 12.3. The zero-order valence-electron chi connectivity index (χ0n) is 8.82. The molecule has 0 aromatic carbocycles. The lowest BCUT2D eigenvalue weighted by atomic mass is 10.0. The highest BCUT2D eigenvalue weighted by Gasteiger charge is 2.26. The maximum absolute atomic E-state index is 11.8. The molecule has 4 N–H and O–H groups in total. The number of nitrogens with zero attached hydrogens (tertiary/aromatic N) is 1. The molecule has 0 aliphatic carbocycles. The third-order valence-electron chi connectivity index (χ3n) is 2.00. The van der Waals surface area contributed by atoms with Crippen molar-refractivity contribution < 1.29 is 10.0 Å². The minimum atomic E-state index is -0.876. The molecule has 5 nitrogen and oxygen atoms in total. The number of oxime groups is 1. The molecule has 0 saturated heterocycles. The lowest BCUT2D eigenvalue weighted by molar-refractivity contribution is 0.0931. The van der Waals surface area contributed by atoms with Gasteiger partial charge in [-0.15, -0.1) is 11.3 Å². The summed E-state index contributed by atoms with van der Waals surface area (Å²) >= 11 is 3.63. The standard InChI is InChI=1S/C9H12IN3O2S/c1-9(2,8(11)13-15)12-7(14)5-3-6(10)16-4-5/h3-4,15H,1-2H3,(H2,11,13)(H,12,14). The fourth-order valence-electron chi connectivity index (χ4n) is 0.974. The summed E-state index contributed by atoms with van der Waals surface area (Å²) in [4.78, 5) is 11.8. The van der Waals surface area contributed by atoms with E-state index in [4.69, 9.17) is 10.9 Å². The average Bonchev–Trinajstić information content (AvgIpc) is 2.63. The van der Waals surface area contributed by atoms with Crippen LogP contribution in [0.25, 0.3) is 0 Å². The van der Waals surface area contributed by atoms with E-state index >= 15 is 0 Å². The van der Waals surface area contributed by atoms with Crippen LogP contribution in [-0.2, 0) is 0 Å². The Hall–Kier alpha value is -0.830. The Balaban J connectivity index is 2.79. The predicted octanol–water partition coefficient (Wildman–Crippen LogP) is 1.61. The van der Waals surface area contributed by atoms with E-state index < -0.39 is 5.54 Å². The van der Waals surface area contributed by atoms with Crippen molar-refractivity contribution in [1.82, 2.24) is 5.32 Å². The number of thiophene rings is 1. The Labute approximate surface area is 111 Å². The van der Waals surface area contributed by atoms with E-state index in [2.05, 4.69) is 33.1 Å². The Kier molecular flexibility index (Phi) is 4.14. The summed E-state index contributed by atoms with van der Waals surface area (Å²) in [6.07, 6.45) is 0. The third kappa shape index (κ3) is 3.08. The third-order valence-corrected chi connectivity index (χ3v) is 3.79. The van der Waals surface area contributed by atoms with E-state index in [1.54, 1.807) is 25.3 Å². The molecule has 7 heteroatoms. The molecule has 1 amide bonds. The summed E-state index contributed by atoms with van der Waals surface area (Å²) < 4.78 is 1.03. The van der Waals surface area contributed by atoms with Gasteiger partial charge in [0.1, 0.15) is 0 Å². The van der Waals surface area contributed by atoms with E-state index in [1.807, 2.05) is 0 Å². The molecule has 1 rings (SSSR count). The second kappa shape index (κ2) is 5.00. The van der Waals surface area contributed by atoms with E-state index in [9.17, 15) is 4.79 Å². The molecule has 1 heterocycles. The minimum absolute atomic E-state index is 0.0363. The van der Waals surface area contributed by atoms with Crippen LogP contribution in [-0.4, -0.2) is 22.5 Å². The summed E-state index contributed by atoms with van der Waals surface area (Å²) in [7, 11) is 0. The number of hydrogen-bond acceptors (Lipinski definition) is 4. The molecule has 0 fully saturated rings. The van der Waals surface area contributed by atoms with Crippen LogP contribution in [0.2, 0.25) is 0 Å². The van der Waals surface area contributed by atoms with E-state index in [1.165, 1.54) is 11.3 Å². The largest absolute Gasteiger partial charge is 0.409 e. The highest BCUT2D eigenvalue weighted by Crippen LogP contribution is 2.17. The van der Waals surface area contributed by atoms with E-state index in [0.717, 1.165) is 2.88 Å². The predicted molar refractivity (Wildman–Crippen MR) is 72.0 cm³/mol. The molecular formula is C9H12IN3O2S. The van der Waals surface area contributed by atoms with Crippen molar-refractivity contribution in [1.29, 1.82) is 0 Å². The SMILES string of the molecule is CC(C)(NC(=O)c1csc(I)c1)C(N)=NO. The van der Waals surface area contributed by atoms with Crippen molar-refractivity contribution in [2.45, 2.75) is 19.4 Å². The van der Waals surface area contributed by atoms with Crippen LogP contribution >= 0.6 is 33.9 Å². The van der Waals surface area contributed by atoms with Crippen LogP contribution in [0.5, 0.6) is 0 Å². The second-order valence-corrected chi connectivity index (χ2v) is 6.51. The summed E-state index contributed by atoms with van der Waals surface area (Å²) in [6, 6.07) is 1.78. The molecule has 0 saturated carbocycles. The lowest BCUT2D eigenvalue weighted by Crippen LogP contribution is -2.53. The first-order valence-electron chi connectivity index (χ1n) is 4.41. The molecule has 0 aliphatic rings. The number of carbonyl (C=O) groups is 1. The number of nitrogens with one attached hydrogen (secondary N) is 1. The molecule has 0 bridgehead atoms. The molecule has 0 spiro atoms. The summed E-state index contributed by atoms with van der Waals surface area (Å²) in [5.74, 6) is -0.276. The van der Waals surface area contributed by atoms with Crippen molar-refractivity contribution in [3.63, 3.8) is 0 Å². The fraction of sp³-hybridized carbons (Fsp3) is 0.333. The quantitative estimate of drug-likeness (QED) is 0.254. The average molecular weight is 353 g/mol. The van der Waals surface area contributed by atoms with Gasteiger partial charge < -0.3 is 16.3 Å². The van der Waals surface area contributed by atoms with Crippen LogP contribution in [0.1, 0.15) is 24.2 Å². The maximum Gasteiger partial charge on any atom is 0.252 e. The van der Waals surface area contributed by atoms with Crippen LogP contribution in [0.4, 0.5) is 0 Å². The Bertz CT molecular complexity index is 428. The van der Waals surface area contributed by atoms with E-state index in [0.29, 0.717) is 5.56 Å². The molecule has 1 aromatic heterocycles.